The number of rotatable bonds is 5. The molecule has 1 aliphatic heterocycles. The van der Waals surface area contributed by atoms with Gasteiger partial charge < -0.3 is 15.0 Å². The van der Waals surface area contributed by atoms with E-state index in [9.17, 15) is 4.79 Å². The molecule has 1 atom stereocenters. The van der Waals surface area contributed by atoms with Gasteiger partial charge in [-0.05, 0) is 56.5 Å². The average Bonchev–Trinajstić information content (AvgIpc) is 2.73. The fourth-order valence-electron chi connectivity index (χ4n) is 3.76. The largest absolute Gasteiger partial charge is 0.475 e. The minimum absolute atomic E-state index is 0.0482. The van der Waals surface area contributed by atoms with Crippen LogP contribution in [0, 0.1) is 12.8 Å². The number of aryl methyl sites for hydroxylation is 1. The number of piperidine rings is 1. The molecule has 1 N–H and O–H groups in total. The number of carbonyl (C=O) groups excluding carboxylic acids is 1. The van der Waals surface area contributed by atoms with Crippen molar-refractivity contribution in [1.29, 1.82) is 0 Å². The van der Waals surface area contributed by atoms with Crippen molar-refractivity contribution < 1.29 is 9.53 Å². The predicted octanol–water partition coefficient (Wildman–Crippen LogP) is 4.19. The summed E-state index contributed by atoms with van der Waals surface area (Å²) < 4.78 is 5.79. The highest BCUT2D eigenvalue weighted by Gasteiger charge is 2.29. The fourth-order valence-corrected chi connectivity index (χ4v) is 3.76. The van der Waals surface area contributed by atoms with E-state index in [1.165, 1.54) is 0 Å². The van der Waals surface area contributed by atoms with E-state index in [0.29, 0.717) is 19.0 Å². The van der Waals surface area contributed by atoms with E-state index in [-0.39, 0.29) is 11.8 Å². The number of hydrogen-bond donors (Lipinski definition) is 1. The SMILES string of the molecule is CCOc1nc2ccccc2nc1N1CCC[C@H](C(=O)Nc2cccc(C)c2)C1. The van der Waals surface area contributed by atoms with Crippen molar-refractivity contribution in [2.45, 2.75) is 26.7 Å². The zero-order chi connectivity index (χ0) is 20.2. The van der Waals surface area contributed by atoms with E-state index in [0.717, 1.165) is 47.5 Å². The monoisotopic (exact) mass is 390 g/mol. The van der Waals surface area contributed by atoms with Gasteiger partial charge >= 0.3 is 0 Å². The Morgan fingerprint density at radius 3 is 2.72 bits per heavy atom. The number of aromatic nitrogens is 2. The minimum atomic E-state index is -0.105. The zero-order valence-corrected chi connectivity index (χ0v) is 16.9. The summed E-state index contributed by atoms with van der Waals surface area (Å²) in [4.78, 5) is 24.5. The molecular weight excluding hydrogens is 364 g/mol. The van der Waals surface area contributed by atoms with Gasteiger partial charge in [-0.3, -0.25) is 4.79 Å². The molecule has 1 fully saturated rings. The number of anilines is 2. The molecule has 1 aromatic heterocycles. The van der Waals surface area contributed by atoms with E-state index in [4.69, 9.17) is 9.72 Å². The first-order valence-electron chi connectivity index (χ1n) is 10.2. The number of hydrogen-bond acceptors (Lipinski definition) is 5. The molecule has 0 bridgehead atoms. The van der Waals surface area contributed by atoms with Gasteiger partial charge in [0, 0.05) is 18.8 Å². The molecule has 1 aliphatic rings. The Labute approximate surface area is 170 Å². The highest BCUT2D eigenvalue weighted by atomic mass is 16.5. The predicted molar refractivity (Wildman–Crippen MR) is 115 cm³/mol. The summed E-state index contributed by atoms with van der Waals surface area (Å²) >= 11 is 0. The van der Waals surface area contributed by atoms with Crippen molar-refractivity contribution in [1.82, 2.24) is 9.97 Å². The van der Waals surface area contributed by atoms with E-state index in [1.807, 2.05) is 62.4 Å². The third-order valence-corrected chi connectivity index (χ3v) is 5.18. The molecule has 0 unspecified atom stereocenters. The van der Waals surface area contributed by atoms with E-state index < -0.39 is 0 Å². The van der Waals surface area contributed by atoms with Gasteiger partial charge in [-0.15, -0.1) is 0 Å². The van der Waals surface area contributed by atoms with Crippen LogP contribution in [0.15, 0.2) is 48.5 Å². The van der Waals surface area contributed by atoms with Crippen molar-refractivity contribution in [2.24, 2.45) is 5.92 Å². The highest BCUT2D eigenvalue weighted by molar-refractivity contribution is 5.93. The van der Waals surface area contributed by atoms with Crippen molar-refractivity contribution in [3.05, 3.63) is 54.1 Å². The van der Waals surface area contributed by atoms with Gasteiger partial charge in [-0.25, -0.2) is 9.97 Å². The smallest absolute Gasteiger partial charge is 0.258 e. The Bertz CT molecular complexity index is 1020. The third-order valence-electron chi connectivity index (χ3n) is 5.18. The second kappa shape index (κ2) is 8.47. The lowest BCUT2D eigenvalue weighted by molar-refractivity contribution is -0.120. The lowest BCUT2D eigenvalue weighted by Gasteiger charge is -2.33. The first kappa shape index (κ1) is 19.2. The van der Waals surface area contributed by atoms with Crippen LogP contribution in [0.5, 0.6) is 5.88 Å². The summed E-state index contributed by atoms with van der Waals surface area (Å²) in [5, 5.41) is 3.06. The van der Waals surface area contributed by atoms with E-state index in [1.54, 1.807) is 0 Å². The normalized spacial score (nSPS) is 16.6. The first-order valence-corrected chi connectivity index (χ1v) is 10.2. The minimum Gasteiger partial charge on any atom is -0.475 e. The molecule has 4 rings (SSSR count). The topological polar surface area (TPSA) is 67.4 Å². The number of fused-ring (bicyclic) bond motifs is 1. The van der Waals surface area contributed by atoms with Gasteiger partial charge in [0.25, 0.3) is 5.88 Å². The molecular formula is C23H26N4O2. The van der Waals surface area contributed by atoms with Gasteiger partial charge in [0.1, 0.15) is 0 Å². The maximum Gasteiger partial charge on any atom is 0.258 e. The highest BCUT2D eigenvalue weighted by Crippen LogP contribution is 2.31. The molecule has 1 amide bonds. The number of amides is 1. The van der Waals surface area contributed by atoms with Crippen LogP contribution in [0.1, 0.15) is 25.3 Å². The van der Waals surface area contributed by atoms with E-state index >= 15 is 0 Å². The third kappa shape index (κ3) is 4.31. The fraction of sp³-hybridized carbons (Fsp3) is 0.348. The summed E-state index contributed by atoms with van der Waals surface area (Å²) in [6, 6.07) is 15.7. The summed E-state index contributed by atoms with van der Waals surface area (Å²) in [6.07, 6.45) is 1.78. The summed E-state index contributed by atoms with van der Waals surface area (Å²) in [5.41, 5.74) is 3.61. The Morgan fingerprint density at radius 2 is 1.97 bits per heavy atom. The van der Waals surface area contributed by atoms with Crippen LogP contribution in [-0.4, -0.2) is 35.6 Å². The standard InChI is InChI=1S/C23H26N4O2/c1-3-29-23-21(25-19-11-4-5-12-20(19)26-23)27-13-7-9-17(15-27)22(28)24-18-10-6-8-16(2)14-18/h4-6,8,10-12,14,17H,3,7,9,13,15H2,1-2H3,(H,24,28)/t17-/m0/s1. The van der Waals surface area contributed by atoms with Gasteiger partial charge in [0.2, 0.25) is 5.91 Å². The molecule has 150 valence electrons. The molecule has 0 radical (unpaired) electrons. The Hall–Kier alpha value is -3.15. The van der Waals surface area contributed by atoms with Crippen LogP contribution in [0.4, 0.5) is 11.5 Å². The molecule has 1 saturated heterocycles. The van der Waals surface area contributed by atoms with Gasteiger partial charge in [0.05, 0.1) is 23.6 Å². The van der Waals surface area contributed by atoms with Gasteiger partial charge in [-0.1, -0.05) is 24.3 Å². The van der Waals surface area contributed by atoms with Crippen LogP contribution >= 0.6 is 0 Å². The maximum absolute atomic E-state index is 12.9. The Morgan fingerprint density at radius 1 is 1.17 bits per heavy atom. The summed E-state index contributed by atoms with van der Waals surface area (Å²) in [6.45, 7) is 5.91. The first-order chi connectivity index (χ1) is 14.1. The number of benzene rings is 2. The van der Waals surface area contributed by atoms with Crippen molar-refractivity contribution >= 4 is 28.4 Å². The van der Waals surface area contributed by atoms with Gasteiger partial charge in [0.15, 0.2) is 5.82 Å². The molecule has 2 heterocycles. The number of nitrogens with zero attached hydrogens (tertiary/aromatic N) is 3. The van der Waals surface area contributed by atoms with Gasteiger partial charge in [-0.2, -0.15) is 0 Å². The lowest BCUT2D eigenvalue weighted by Crippen LogP contribution is -2.41. The van der Waals surface area contributed by atoms with Crippen LogP contribution in [-0.2, 0) is 4.79 Å². The number of ether oxygens (including phenoxy) is 1. The van der Waals surface area contributed by atoms with E-state index in [2.05, 4.69) is 15.2 Å². The van der Waals surface area contributed by atoms with Crippen molar-refractivity contribution in [2.75, 3.05) is 29.9 Å². The molecule has 3 aromatic rings. The van der Waals surface area contributed by atoms with Crippen LogP contribution in [0.25, 0.3) is 11.0 Å². The Balaban J connectivity index is 1.56. The average molecular weight is 390 g/mol. The van der Waals surface area contributed by atoms with Crippen LogP contribution in [0.3, 0.4) is 0 Å². The number of nitrogens with one attached hydrogen (secondary N) is 1. The second-order valence-corrected chi connectivity index (χ2v) is 7.42. The van der Waals surface area contributed by atoms with Crippen molar-refractivity contribution in [3.8, 4) is 5.88 Å². The molecule has 2 aromatic carbocycles. The molecule has 0 saturated carbocycles. The Kier molecular flexibility index (Phi) is 5.60. The molecule has 6 heteroatoms. The summed E-state index contributed by atoms with van der Waals surface area (Å²) in [5.74, 6) is 1.20. The maximum atomic E-state index is 12.9. The van der Waals surface area contributed by atoms with Crippen LogP contribution in [0.2, 0.25) is 0 Å². The molecule has 6 nitrogen and oxygen atoms in total. The molecule has 0 aliphatic carbocycles. The zero-order valence-electron chi connectivity index (χ0n) is 16.9. The number of para-hydroxylation sites is 2. The van der Waals surface area contributed by atoms with Crippen molar-refractivity contribution in [3.63, 3.8) is 0 Å². The van der Waals surface area contributed by atoms with Crippen LogP contribution < -0.4 is 15.0 Å². The number of carbonyl (C=O) groups is 1. The summed E-state index contributed by atoms with van der Waals surface area (Å²) in [7, 11) is 0. The molecule has 29 heavy (non-hydrogen) atoms. The lowest BCUT2D eigenvalue weighted by atomic mass is 9.97. The molecule has 0 spiro atoms. The second-order valence-electron chi connectivity index (χ2n) is 7.42. The quantitative estimate of drug-likeness (QED) is 0.707.